The maximum atomic E-state index is 11.8. The molecular formula is C13H17N3O3S2. The van der Waals surface area contributed by atoms with Crippen LogP contribution in [0.5, 0.6) is 5.75 Å². The highest BCUT2D eigenvalue weighted by atomic mass is 32.2. The molecule has 0 bridgehead atoms. The number of nitrogen functional groups attached to an aromatic ring is 1. The molecule has 1 aromatic carbocycles. The van der Waals surface area contributed by atoms with Gasteiger partial charge in [-0.15, -0.1) is 11.3 Å². The molecule has 0 fully saturated rings. The lowest BCUT2D eigenvalue weighted by atomic mass is 10.3. The Morgan fingerprint density at radius 2 is 2.24 bits per heavy atom. The van der Waals surface area contributed by atoms with E-state index in [-0.39, 0.29) is 18.9 Å². The number of anilines is 1. The molecule has 0 unspecified atom stereocenters. The molecule has 1 heterocycles. The lowest BCUT2D eigenvalue weighted by Crippen LogP contribution is -2.28. The zero-order chi connectivity index (χ0) is 15.3. The maximum Gasteiger partial charge on any atom is 0.215 e. The lowest BCUT2D eigenvalue weighted by Gasteiger charge is -2.08. The third kappa shape index (κ3) is 5.33. The monoisotopic (exact) mass is 327 g/mol. The van der Waals surface area contributed by atoms with Crippen LogP contribution in [0.1, 0.15) is 9.88 Å². The predicted octanol–water partition coefficient (Wildman–Crippen LogP) is 1.53. The normalized spacial score (nSPS) is 11.5. The molecule has 21 heavy (non-hydrogen) atoms. The van der Waals surface area contributed by atoms with Gasteiger partial charge in [-0.05, 0) is 19.1 Å². The zero-order valence-electron chi connectivity index (χ0n) is 11.6. The Kier molecular flexibility index (Phi) is 5.16. The Morgan fingerprint density at radius 3 is 2.90 bits per heavy atom. The second-order valence-corrected chi connectivity index (χ2v) is 7.65. The van der Waals surface area contributed by atoms with Crippen LogP contribution in [0, 0.1) is 6.92 Å². The fourth-order valence-corrected chi connectivity index (χ4v) is 3.26. The number of nitrogens with one attached hydrogen (secondary N) is 1. The van der Waals surface area contributed by atoms with Crippen LogP contribution in [0.2, 0.25) is 0 Å². The second-order valence-electron chi connectivity index (χ2n) is 4.41. The summed E-state index contributed by atoms with van der Waals surface area (Å²) in [6.45, 7) is 2.20. The van der Waals surface area contributed by atoms with E-state index in [4.69, 9.17) is 10.5 Å². The van der Waals surface area contributed by atoms with Crippen molar-refractivity contribution >= 4 is 27.0 Å². The summed E-state index contributed by atoms with van der Waals surface area (Å²) in [5, 5.41) is 0.911. The van der Waals surface area contributed by atoms with Crippen LogP contribution >= 0.6 is 11.3 Å². The number of aromatic nitrogens is 1. The number of sulfonamides is 1. The first-order valence-electron chi connectivity index (χ1n) is 6.31. The van der Waals surface area contributed by atoms with Crippen molar-refractivity contribution in [2.45, 2.75) is 13.5 Å². The average molecular weight is 327 g/mol. The SMILES string of the molecule is Cc1ncc(CNS(=O)(=O)CCOc2cccc(N)c2)s1. The molecule has 0 amide bonds. The molecule has 0 radical (unpaired) electrons. The van der Waals surface area contributed by atoms with Crippen molar-refractivity contribution in [3.8, 4) is 5.75 Å². The van der Waals surface area contributed by atoms with Gasteiger partial charge in [-0.2, -0.15) is 0 Å². The predicted molar refractivity (Wildman–Crippen MR) is 83.8 cm³/mol. The summed E-state index contributed by atoms with van der Waals surface area (Å²) in [4.78, 5) is 4.96. The first kappa shape index (κ1) is 15.7. The maximum absolute atomic E-state index is 11.8. The molecule has 3 N–H and O–H groups in total. The minimum Gasteiger partial charge on any atom is -0.492 e. The number of thiazole rings is 1. The van der Waals surface area contributed by atoms with Crippen LogP contribution in [-0.2, 0) is 16.6 Å². The van der Waals surface area contributed by atoms with E-state index in [2.05, 4.69) is 9.71 Å². The van der Waals surface area contributed by atoms with Crippen molar-refractivity contribution in [1.82, 2.24) is 9.71 Å². The van der Waals surface area contributed by atoms with Crippen molar-refractivity contribution in [3.63, 3.8) is 0 Å². The molecule has 0 saturated carbocycles. The van der Waals surface area contributed by atoms with E-state index in [1.54, 1.807) is 30.5 Å². The number of hydrogen-bond acceptors (Lipinski definition) is 6. The van der Waals surface area contributed by atoms with Gasteiger partial charge in [0.1, 0.15) is 12.4 Å². The summed E-state index contributed by atoms with van der Waals surface area (Å²) >= 11 is 1.47. The smallest absolute Gasteiger partial charge is 0.215 e. The number of nitrogens with zero attached hydrogens (tertiary/aromatic N) is 1. The van der Waals surface area contributed by atoms with Crippen LogP contribution in [0.25, 0.3) is 0 Å². The van der Waals surface area contributed by atoms with Crippen molar-refractivity contribution in [2.75, 3.05) is 18.1 Å². The van der Waals surface area contributed by atoms with E-state index in [0.29, 0.717) is 11.4 Å². The molecule has 0 aliphatic carbocycles. The van der Waals surface area contributed by atoms with Gasteiger partial charge in [-0.1, -0.05) is 6.07 Å². The summed E-state index contributed by atoms with van der Waals surface area (Å²) in [5.41, 5.74) is 6.19. The highest BCUT2D eigenvalue weighted by molar-refractivity contribution is 7.89. The highest BCUT2D eigenvalue weighted by Crippen LogP contribution is 2.14. The van der Waals surface area contributed by atoms with Crippen LogP contribution < -0.4 is 15.2 Å². The number of nitrogens with two attached hydrogens (primary N) is 1. The largest absolute Gasteiger partial charge is 0.492 e. The van der Waals surface area contributed by atoms with Crippen LogP contribution in [-0.4, -0.2) is 25.8 Å². The fourth-order valence-electron chi connectivity index (χ4n) is 1.61. The molecule has 1 aromatic heterocycles. The summed E-state index contributed by atoms with van der Waals surface area (Å²) in [7, 11) is -3.38. The van der Waals surface area contributed by atoms with Gasteiger partial charge in [0, 0.05) is 29.4 Å². The van der Waals surface area contributed by atoms with Gasteiger partial charge in [0.2, 0.25) is 10.0 Å². The summed E-state index contributed by atoms with van der Waals surface area (Å²) in [6, 6.07) is 6.88. The average Bonchev–Trinajstić information content (AvgIpc) is 2.82. The van der Waals surface area contributed by atoms with E-state index in [0.717, 1.165) is 9.88 Å². The summed E-state index contributed by atoms with van der Waals surface area (Å²) in [5.74, 6) is 0.447. The second kappa shape index (κ2) is 6.88. The lowest BCUT2D eigenvalue weighted by molar-refractivity contribution is 0.340. The Hall–Kier alpha value is -1.64. The van der Waals surface area contributed by atoms with E-state index in [9.17, 15) is 8.42 Å². The van der Waals surface area contributed by atoms with E-state index >= 15 is 0 Å². The molecule has 114 valence electrons. The van der Waals surface area contributed by atoms with Crippen molar-refractivity contribution in [2.24, 2.45) is 0 Å². The Bertz CT molecular complexity index is 698. The van der Waals surface area contributed by atoms with Crippen molar-refractivity contribution < 1.29 is 13.2 Å². The van der Waals surface area contributed by atoms with Gasteiger partial charge in [-0.25, -0.2) is 18.1 Å². The van der Waals surface area contributed by atoms with E-state index in [1.807, 2.05) is 6.92 Å². The Labute approximate surface area is 128 Å². The Morgan fingerprint density at radius 1 is 1.43 bits per heavy atom. The number of ether oxygens (including phenoxy) is 1. The first-order valence-corrected chi connectivity index (χ1v) is 8.78. The number of rotatable bonds is 7. The molecule has 0 aliphatic rings. The highest BCUT2D eigenvalue weighted by Gasteiger charge is 2.11. The van der Waals surface area contributed by atoms with Crippen LogP contribution in [0.3, 0.4) is 0 Å². The molecule has 6 nitrogen and oxygen atoms in total. The molecule has 8 heteroatoms. The van der Waals surface area contributed by atoms with Gasteiger partial charge in [0.05, 0.1) is 10.8 Å². The standard InChI is InChI=1S/C13H17N3O3S2/c1-10-15-8-13(20-10)9-16-21(17,18)6-5-19-12-4-2-3-11(14)7-12/h2-4,7-8,16H,5-6,9,14H2,1H3. The summed E-state index contributed by atoms with van der Waals surface area (Å²) < 4.78 is 31.6. The third-order valence-electron chi connectivity index (χ3n) is 2.61. The zero-order valence-corrected chi connectivity index (χ0v) is 13.2. The van der Waals surface area contributed by atoms with E-state index < -0.39 is 10.0 Å². The molecular weight excluding hydrogens is 310 g/mol. The molecule has 0 spiro atoms. The molecule has 0 atom stereocenters. The van der Waals surface area contributed by atoms with Gasteiger partial charge in [0.25, 0.3) is 0 Å². The molecule has 2 rings (SSSR count). The number of hydrogen-bond donors (Lipinski definition) is 2. The first-order chi connectivity index (χ1) is 9.94. The van der Waals surface area contributed by atoms with Gasteiger partial charge < -0.3 is 10.5 Å². The number of benzene rings is 1. The van der Waals surface area contributed by atoms with Crippen molar-refractivity contribution in [3.05, 3.63) is 40.3 Å². The van der Waals surface area contributed by atoms with Gasteiger partial charge in [0.15, 0.2) is 0 Å². The van der Waals surface area contributed by atoms with Crippen LogP contribution in [0.4, 0.5) is 5.69 Å². The van der Waals surface area contributed by atoms with Crippen molar-refractivity contribution in [1.29, 1.82) is 0 Å². The molecule has 0 aliphatic heterocycles. The topological polar surface area (TPSA) is 94.3 Å². The van der Waals surface area contributed by atoms with Crippen LogP contribution in [0.15, 0.2) is 30.5 Å². The fraction of sp³-hybridized carbons (Fsp3) is 0.308. The van der Waals surface area contributed by atoms with Gasteiger partial charge >= 0.3 is 0 Å². The molecule has 0 saturated heterocycles. The minimum absolute atomic E-state index is 0.0699. The van der Waals surface area contributed by atoms with E-state index in [1.165, 1.54) is 11.3 Å². The Balaban J connectivity index is 1.78. The summed E-state index contributed by atoms with van der Waals surface area (Å²) in [6.07, 6.45) is 1.67. The van der Waals surface area contributed by atoms with Gasteiger partial charge in [-0.3, -0.25) is 0 Å². The number of aryl methyl sites for hydroxylation is 1. The molecule has 2 aromatic rings. The quantitative estimate of drug-likeness (QED) is 0.752. The minimum atomic E-state index is -3.38. The third-order valence-corrected chi connectivity index (χ3v) is 4.82.